The molecule has 4 heteroatoms. The highest BCUT2D eigenvalue weighted by Gasteiger charge is 2.73. The number of rotatable bonds is 7. The SMILES string of the molecule is C=C1CCC2C(C3CC(C4CCCC4)CC13)C2(C(N)C=O)C1CCCC(C(O)CCO)C1. The first-order chi connectivity index (χ1) is 15.5. The smallest absolute Gasteiger partial charge is 0.137 e. The first kappa shape index (κ1) is 23.1. The molecule has 32 heavy (non-hydrogen) atoms. The second kappa shape index (κ2) is 9.15. The van der Waals surface area contributed by atoms with E-state index in [0.717, 1.165) is 56.6 Å². The highest BCUT2D eigenvalue weighted by molar-refractivity contribution is 5.61. The second-order valence-electron chi connectivity index (χ2n) is 12.2. The molecule has 0 spiro atoms. The number of carbonyl (C=O) groups is 1. The van der Waals surface area contributed by atoms with Gasteiger partial charge in [0.2, 0.25) is 0 Å². The molecule has 180 valence electrons. The predicted octanol–water partition coefficient (Wildman–Crippen LogP) is 4.48. The van der Waals surface area contributed by atoms with E-state index < -0.39 is 6.10 Å². The molecule has 4 nitrogen and oxygen atoms in total. The number of carbonyl (C=O) groups excluding carboxylic acids is 1. The topological polar surface area (TPSA) is 83.6 Å². The Kier molecular flexibility index (Phi) is 6.59. The van der Waals surface area contributed by atoms with Crippen molar-refractivity contribution in [1.29, 1.82) is 0 Å². The van der Waals surface area contributed by atoms with Crippen LogP contribution in [0.3, 0.4) is 0 Å². The van der Waals surface area contributed by atoms with Crippen LogP contribution in [0, 0.1) is 52.8 Å². The maximum absolute atomic E-state index is 12.2. The summed E-state index contributed by atoms with van der Waals surface area (Å²) in [6, 6.07) is -0.381. The summed E-state index contributed by atoms with van der Waals surface area (Å²) in [6.45, 7) is 4.60. The molecule has 0 amide bonds. The molecule has 0 aromatic heterocycles. The monoisotopic (exact) mass is 443 g/mol. The van der Waals surface area contributed by atoms with Gasteiger partial charge < -0.3 is 20.7 Å². The second-order valence-corrected chi connectivity index (χ2v) is 12.2. The highest BCUT2D eigenvalue weighted by atomic mass is 16.3. The van der Waals surface area contributed by atoms with Gasteiger partial charge in [-0.25, -0.2) is 0 Å². The van der Waals surface area contributed by atoms with E-state index in [1.165, 1.54) is 44.1 Å². The van der Waals surface area contributed by atoms with Crippen molar-refractivity contribution in [2.45, 2.75) is 95.6 Å². The number of aliphatic hydroxyl groups excluding tert-OH is 2. The normalized spacial score (nSPS) is 46.2. The third-order valence-electron chi connectivity index (χ3n) is 11.1. The number of aldehydes is 1. The number of fused-ring (bicyclic) bond motifs is 3. The number of aliphatic hydroxyl groups is 2. The molecule has 5 fully saturated rings. The summed E-state index contributed by atoms with van der Waals surface area (Å²) in [5.74, 6) is 4.84. The van der Waals surface area contributed by atoms with E-state index in [2.05, 4.69) is 6.58 Å². The molecule has 0 aromatic carbocycles. The molecular weight excluding hydrogens is 398 g/mol. The van der Waals surface area contributed by atoms with Crippen molar-refractivity contribution >= 4 is 6.29 Å². The van der Waals surface area contributed by atoms with Crippen LogP contribution < -0.4 is 5.73 Å². The van der Waals surface area contributed by atoms with Crippen LogP contribution in [0.15, 0.2) is 12.2 Å². The third kappa shape index (κ3) is 3.64. The van der Waals surface area contributed by atoms with Crippen LogP contribution >= 0.6 is 0 Å². The summed E-state index contributed by atoms with van der Waals surface area (Å²) in [4.78, 5) is 12.2. The Morgan fingerprint density at radius 1 is 1.06 bits per heavy atom. The van der Waals surface area contributed by atoms with Gasteiger partial charge in [0.25, 0.3) is 0 Å². The lowest BCUT2D eigenvalue weighted by Gasteiger charge is -2.41. The first-order valence-electron chi connectivity index (χ1n) is 13.7. The molecule has 0 bridgehead atoms. The fraction of sp³-hybridized carbons (Fsp3) is 0.893. The quantitative estimate of drug-likeness (QED) is 0.400. The molecule has 5 aliphatic carbocycles. The molecule has 5 saturated carbocycles. The van der Waals surface area contributed by atoms with Gasteiger partial charge in [-0.15, -0.1) is 0 Å². The summed E-state index contributed by atoms with van der Waals surface area (Å²) in [5.41, 5.74) is 8.14. The Bertz CT molecular complexity index is 703. The summed E-state index contributed by atoms with van der Waals surface area (Å²) < 4.78 is 0. The zero-order valence-electron chi connectivity index (χ0n) is 19.8. The van der Waals surface area contributed by atoms with Crippen molar-refractivity contribution in [3.8, 4) is 0 Å². The number of allylic oxidation sites excluding steroid dienone is 1. The molecule has 10 unspecified atom stereocenters. The Balaban J connectivity index is 1.41. The van der Waals surface area contributed by atoms with E-state index in [-0.39, 0.29) is 24.0 Å². The highest BCUT2D eigenvalue weighted by Crippen LogP contribution is 2.76. The largest absolute Gasteiger partial charge is 0.396 e. The lowest BCUT2D eigenvalue weighted by molar-refractivity contribution is -0.111. The van der Waals surface area contributed by atoms with Gasteiger partial charge >= 0.3 is 0 Å². The predicted molar refractivity (Wildman–Crippen MR) is 127 cm³/mol. The average Bonchev–Trinajstić information content (AvgIpc) is 3.14. The molecular formula is C28H45NO3. The molecule has 4 N–H and O–H groups in total. The van der Waals surface area contributed by atoms with Crippen LogP contribution in [-0.4, -0.2) is 35.3 Å². The molecule has 0 aromatic rings. The lowest BCUT2D eigenvalue weighted by atomic mass is 9.65. The van der Waals surface area contributed by atoms with Crippen molar-refractivity contribution < 1.29 is 15.0 Å². The van der Waals surface area contributed by atoms with Crippen LogP contribution in [0.4, 0.5) is 0 Å². The van der Waals surface area contributed by atoms with Gasteiger partial charge in [-0.3, -0.25) is 0 Å². The zero-order valence-corrected chi connectivity index (χ0v) is 19.8. The minimum absolute atomic E-state index is 0.0427. The fourth-order valence-corrected chi connectivity index (χ4v) is 9.78. The molecule has 5 rings (SSSR count). The van der Waals surface area contributed by atoms with Crippen molar-refractivity contribution in [2.24, 2.45) is 58.5 Å². The van der Waals surface area contributed by atoms with Crippen molar-refractivity contribution in [1.82, 2.24) is 0 Å². The van der Waals surface area contributed by atoms with Crippen LogP contribution in [0.25, 0.3) is 0 Å². The number of hydrogen-bond donors (Lipinski definition) is 3. The molecule has 5 aliphatic rings. The molecule has 0 heterocycles. The van der Waals surface area contributed by atoms with Crippen LogP contribution in [0.2, 0.25) is 0 Å². The van der Waals surface area contributed by atoms with Crippen LogP contribution in [0.5, 0.6) is 0 Å². The van der Waals surface area contributed by atoms with Gasteiger partial charge in [0.1, 0.15) is 6.29 Å². The summed E-state index contributed by atoms with van der Waals surface area (Å²) >= 11 is 0. The minimum Gasteiger partial charge on any atom is -0.396 e. The van der Waals surface area contributed by atoms with Gasteiger partial charge in [-0.1, -0.05) is 44.3 Å². The zero-order chi connectivity index (χ0) is 22.5. The summed E-state index contributed by atoms with van der Waals surface area (Å²) in [7, 11) is 0. The van der Waals surface area contributed by atoms with Crippen LogP contribution in [-0.2, 0) is 4.79 Å². The van der Waals surface area contributed by atoms with Crippen LogP contribution in [0.1, 0.15) is 83.5 Å². The first-order valence-corrected chi connectivity index (χ1v) is 13.7. The van der Waals surface area contributed by atoms with Gasteiger partial charge in [0.05, 0.1) is 12.1 Å². The van der Waals surface area contributed by atoms with Gasteiger partial charge in [-0.05, 0) is 98.7 Å². The van der Waals surface area contributed by atoms with E-state index >= 15 is 0 Å². The van der Waals surface area contributed by atoms with Gasteiger partial charge in [0, 0.05) is 12.0 Å². The standard InChI is InChI=1S/C28H45NO3/c1-17-9-10-24-27(23-15-20(14-22(17)23)18-5-2-3-6-18)28(24,26(29)16-31)21-8-4-7-19(13-21)25(32)11-12-30/h16,18-27,30,32H,1-15,29H2. The van der Waals surface area contributed by atoms with E-state index in [1.54, 1.807) is 0 Å². The Morgan fingerprint density at radius 2 is 1.84 bits per heavy atom. The molecule has 0 aliphatic heterocycles. The summed E-state index contributed by atoms with van der Waals surface area (Å²) in [5, 5.41) is 20.0. The Hall–Kier alpha value is -0.710. The molecule has 10 atom stereocenters. The summed E-state index contributed by atoms with van der Waals surface area (Å²) in [6.07, 6.45) is 15.9. The van der Waals surface area contributed by atoms with E-state index in [4.69, 9.17) is 5.73 Å². The van der Waals surface area contributed by atoms with E-state index in [9.17, 15) is 15.0 Å². The maximum atomic E-state index is 12.2. The molecule has 0 saturated heterocycles. The fourth-order valence-electron chi connectivity index (χ4n) is 9.78. The Morgan fingerprint density at radius 3 is 2.56 bits per heavy atom. The van der Waals surface area contributed by atoms with Crippen molar-refractivity contribution in [3.63, 3.8) is 0 Å². The number of hydrogen-bond acceptors (Lipinski definition) is 4. The van der Waals surface area contributed by atoms with Crippen molar-refractivity contribution in [3.05, 3.63) is 12.2 Å². The molecule has 0 radical (unpaired) electrons. The Labute approximate surface area is 194 Å². The third-order valence-corrected chi connectivity index (χ3v) is 11.1. The van der Waals surface area contributed by atoms with Crippen molar-refractivity contribution in [2.75, 3.05) is 6.61 Å². The minimum atomic E-state index is -0.429. The number of nitrogens with two attached hydrogens (primary N) is 1. The van der Waals surface area contributed by atoms with E-state index in [1.807, 2.05) is 0 Å². The van der Waals surface area contributed by atoms with Gasteiger partial charge in [-0.2, -0.15) is 0 Å². The average molecular weight is 444 g/mol. The maximum Gasteiger partial charge on any atom is 0.137 e. The lowest BCUT2D eigenvalue weighted by Crippen LogP contribution is -2.44. The van der Waals surface area contributed by atoms with Gasteiger partial charge in [0.15, 0.2) is 0 Å². The van der Waals surface area contributed by atoms with E-state index in [0.29, 0.717) is 36.0 Å².